The highest BCUT2D eigenvalue weighted by Gasteiger charge is 2.29. The van der Waals surface area contributed by atoms with Crippen LogP contribution in [-0.2, 0) is 16.0 Å². The Hall–Kier alpha value is -4.15. The Labute approximate surface area is 228 Å². The van der Waals surface area contributed by atoms with Gasteiger partial charge in [-0.15, -0.1) is 0 Å². The molecule has 0 unspecified atom stereocenters. The standard InChI is InChI=1S/C28H37N3O8/c1-17(32)29-21(13-18-7-8-22(35-2)23(14-18)36-3)27(33)30-20-9-11-31(12-10-20)28(34)19-15-24(37-4)26(39-6)25(16-19)38-5/h7-8,14-16,20-21H,9-13H2,1-6H3,(H,29,32)(H,30,33)/t21-/m1/s1. The Morgan fingerprint density at radius 3 is 1.95 bits per heavy atom. The number of amides is 3. The summed E-state index contributed by atoms with van der Waals surface area (Å²) in [4.78, 5) is 40.0. The largest absolute Gasteiger partial charge is 0.493 e. The van der Waals surface area contributed by atoms with E-state index in [-0.39, 0.29) is 30.2 Å². The molecule has 11 heteroatoms. The van der Waals surface area contributed by atoms with E-state index in [4.69, 9.17) is 23.7 Å². The first kappa shape index (κ1) is 29.4. The van der Waals surface area contributed by atoms with Crippen molar-refractivity contribution in [1.82, 2.24) is 15.5 Å². The lowest BCUT2D eigenvalue weighted by Crippen LogP contribution is -2.53. The SMILES string of the molecule is COc1ccc(C[C@@H](NC(C)=O)C(=O)NC2CCN(C(=O)c3cc(OC)c(OC)c(OC)c3)CC2)cc1OC. The fourth-order valence-corrected chi connectivity index (χ4v) is 4.61. The quantitative estimate of drug-likeness (QED) is 0.442. The van der Waals surface area contributed by atoms with Crippen molar-refractivity contribution >= 4 is 17.7 Å². The van der Waals surface area contributed by atoms with Crippen LogP contribution in [0.15, 0.2) is 30.3 Å². The summed E-state index contributed by atoms with van der Waals surface area (Å²) >= 11 is 0. The number of ether oxygens (including phenoxy) is 5. The zero-order valence-electron chi connectivity index (χ0n) is 23.3. The molecule has 3 amide bonds. The van der Waals surface area contributed by atoms with Crippen molar-refractivity contribution in [3.63, 3.8) is 0 Å². The van der Waals surface area contributed by atoms with E-state index < -0.39 is 6.04 Å². The minimum absolute atomic E-state index is 0.136. The van der Waals surface area contributed by atoms with Crippen LogP contribution in [0.5, 0.6) is 28.7 Å². The van der Waals surface area contributed by atoms with Crippen molar-refractivity contribution in [3.8, 4) is 28.7 Å². The van der Waals surface area contributed by atoms with Crippen LogP contribution in [0, 0.1) is 0 Å². The molecule has 0 spiro atoms. The maximum absolute atomic E-state index is 13.2. The van der Waals surface area contributed by atoms with Crippen molar-refractivity contribution in [3.05, 3.63) is 41.5 Å². The molecule has 1 fully saturated rings. The van der Waals surface area contributed by atoms with Crippen LogP contribution in [0.2, 0.25) is 0 Å². The van der Waals surface area contributed by atoms with Gasteiger partial charge in [0.25, 0.3) is 5.91 Å². The minimum atomic E-state index is -0.764. The van der Waals surface area contributed by atoms with E-state index in [9.17, 15) is 14.4 Å². The molecule has 1 aliphatic rings. The van der Waals surface area contributed by atoms with E-state index in [2.05, 4.69) is 10.6 Å². The highest BCUT2D eigenvalue weighted by Crippen LogP contribution is 2.38. The molecule has 2 aromatic rings. The summed E-state index contributed by atoms with van der Waals surface area (Å²) < 4.78 is 26.7. The molecule has 39 heavy (non-hydrogen) atoms. The van der Waals surface area contributed by atoms with Crippen molar-refractivity contribution in [2.24, 2.45) is 0 Å². The second-order valence-corrected chi connectivity index (χ2v) is 9.14. The van der Waals surface area contributed by atoms with E-state index in [0.717, 1.165) is 5.56 Å². The lowest BCUT2D eigenvalue weighted by Gasteiger charge is -2.33. The molecule has 0 saturated carbocycles. The van der Waals surface area contributed by atoms with E-state index >= 15 is 0 Å². The molecule has 1 saturated heterocycles. The maximum Gasteiger partial charge on any atom is 0.254 e. The van der Waals surface area contributed by atoms with Gasteiger partial charge >= 0.3 is 0 Å². The van der Waals surface area contributed by atoms with Crippen molar-refractivity contribution < 1.29 is 38.1 Å². The molecule has 212 valence electrons. The summed E-state index contributed by atoms with van der Waals surface area (Å²) in [5, 5.41) is 5.78. The molecule has 1 heterocycles. The highest BCUT2D eigenvalue weighted by atomic mass is 16.5. The molecule has 1 aliphatic heterocycles. The average Bonchev–Trinajstić information content (AvgIpc) is 2.95. The number of benzene rings is 2. The van der Waals surface area contributed by atoms with Crippen molar-refractivity contribution in [2.45, 2.75) is 38.3 Å². The number of hydrogen-bond donors (Lipinski definition) is 2. The Morgan fingerprint density at radius 2 is 1.44 bits per heavy atom. The topological polar surface area (TPSA) is 125 Å². The first-order chi connectivity index (χ1) is 18.7. The van der Waals surface area contributed by atoms with Gasteiger partial charge in [-0.2, -0.15) is 0 Å². The number of nitrogens with one attached hydrogen (secondary N) is 2. The molecule has 11 nitrogen and oxygen atoms in total. The molecule has 0 aromatic heterocycles. The van der Waals surface area contributed by atoms with Gasteiger partial charge in [-0.3, -0.25) is 14.4 Å². The van der Waals surface area contributed by atoms with E-state index in [1.165, 1.54) is 28.3 Å². The van der Waals surface area contributed by atoms with Gasteiger partial charge in [0.2, 0.25) is 17.6 Å². The Bertz CT molecular complexity index is 1150. The first-order valence-corrected chi connectivity index (χ1v) is 12.6. The average molecular weight is 544 g/mol. The smallest absolute Gasteiger partial charge is 0.254 e. The second-order valence-electron chi connectivity index (χ2n) is 9.14. The number of methoxy groups -OCH3 is 5. The predicted molar refractivity (Wildman–Crippen MR) is 144 cm³/mol. The molecule has 0 bridgehead atoms. The van der Waals surface area contributed by atoms with Gasteiger partial charge in [-0.05, 0) is 42.7 Å². The number of hydrogen-bond acceptors (Lipinski definition) is 8. The van der Waals surface area contributed by atoms with Gasteiger partial charge in [-0.1, -0.05) is 6.07 Å². The molecule has 0 radical (unpaired) electrons. The molecule has 2 aromatic carbocycles. The summed E-state index contributed by atoms with van der Waals surface area (Å²) in [6, 6.07) is 7.73. The molecule has 3 rings (SSSR count). The summed E-state index contributed by atoms with van der Waals surface area (Å²) in [6.45, 7) is 2.30. The Kier molecular flexibility index (Phi) is 10.2. The monoisotopic (exact) mass is 543 g/mol. The predicted octanol–water partition coefficient (Wildman–Crippen LogP) is 2.20. The van der Waals surface area contributed by atoms with Gasteiger partial charge in [-0.25, -0.2) is 0 Å². The molecule has 1 atom stereocenters. The minimum Gasteiger partial charge on any atom is -0.493 e. The fraction of sp³-hybridized carbons (Fsp3) is 0.464. The third kappa shape index (κ3) is 7.24. The third-order valence-electron chi connectivity index (χ3n) is 6.62. The summed E-state index contributed by atoms with van der Waals surface area (Å²) in [7, 11) is 7.59. The van der Waals surface area contributed by atoms with Crippen LogP contribution in [0.3, 0.4) is 0 Å². The van der Waals surface area contributed by atoms with Crippen LogP contribution in [-0.4, -0.2) is 83.3 Å². The summed E-state index contributed by atoms with van der Waals surface area (Å²) in [5.41, 5.74) is 1.24. The number of nitrogens with zero attached hydrogens (tertiary/aromatic N) is 1. The molecular formula is C28H37N3O8. The summed E-state index contributed by atoms with van der Waals surface area (Å²) in [6.07, 6.45) is 1.43. The number of carbonyl (C=O) groups is 3. The van der Waals surface area contributed by atoms with Crippen molar-refractivity contribution in [1.29, 1.82) is 0 Å². The van der Waals surface area contributed by atoms with E-state index in [1.807, 2.05) is 6.07 Å². The zero-order chi connectivity index (χ0) is 28.5. The third-order valence-corrected chi connectivity index (χ3v) is 6.62. The van der Waals surface area contributed by atoms with Crippen LogP contribution >= 0.6 is 0 Å². The van der Waals surface area contributed by atoms with Gasteiger partial charge in [0.05, 0.1) is 35.5 Å². The van der Waals surface area contributed by atoms with Crippen molar-refractivity contribution in [2.75, 3.05) is 48.6 Å². The number of piperidine rings is 1. The lowest BCUT2D eigenvalue weighted by atomic mass is 10.0. The van der Waals surface area contributed by atoms with Crippen LogP contribution < -0.4 is 34.3 Å². The van der Waals surface area contributed by atoms with Crippen LogP contribution in [0.1, 0.15) is 35.7 Å². The second kappa shape index (κ2) is 13.6. The number of rotatable bonds is 11. The lowest BCUT2D eigenvalue weighted by molar-refractivity contribution is -0.128. The van der Waals surface area contributed by atoms with Crippen LogP contribution in [0.4, 0.5) is 0 Å². The van der Waals surface area contributed by atoms with Crippen LogP contribution in [0.25, 0.3) is 0 Å². The van der Waals surface area contributed by atoms with E-state index in [1.54, 1.807) is 43.4 Å². The van der Waals surface area contributed by atoms with Gasteiger partial charge < -0.3 is 39.2 Å². The summed E-state index contributed by atoms with van der Waals surface area (Å²) in [5.74, 6) is 1.59. The number of likely N-dealkylation sites (tertiary alicyclic amines) is 1. The van der Waals surface area contributed by atoms with Gasteiger partial charge in [0, 0.05) is 38.0 Å². The maximum atomic E-state index is 13.2. The highest BCUT2D eigenvalue weighted by molar-refractivity contribution is 5.95. The van der Waals surface area contributed by atoms with Gasteiger partial charge in [0.1, 0.15) is 6.04 Å². The molecular weight excluding hydrogens is 506 g/mol. The first-order valence-electron chi connectivity index (χ1n) is 12.6. The van der Waals surface area contributed by atoms with Gasteiger partial charge in [0.15, 0.2) is 23.0 Å². The Morgan fingerprint density at radius 1 is 0.846 bits per heavy atom. The molecule has 0 aliphatic carbocycles. The number of carbonyl (C=O) groups excluding carboxylic acids is 3. The molecule has 2 N–H and O–H groups in total. The van der Waals surface area contributed by atoms with E-state index in [0.29, 0.717) is 60.2 Å². The fourth-order valence-electron chi connectivity index (χ4n) is 4.61. The normalized spacial score (nSPS) is 14.2. The Balaban J connectivity index is 1.64. The zero-order valence-corrected chi connectivity index (χ0v) is 23.3.